The first-order valence-corrected chi connectivity index (χ1v) is 11.8. The molecule has 2 aromatic heterocycles. The Bertz CT molecular complexity index is 1340. The van der Waals surface area contributed by atoms with Gasteiger partial charge in [0.1, 0.15) is 11.6 Å². The number of piperidine rings is 1. The minimum Gasteiger partial charge on any atom is -0.466 e. The predicted molar refractivity (Wildman–Crippen MR) is 132 cm³/mol. The van der Waals surface area contributed by atoms with E-state index in [4.69, 9.17) is 25.5 Å². The second-order valence-corrected chi connectivity index (χ2v) is 8.64. The number of nitrogens with two attached hydrogens (primary N) is 1. The average Bonchev–Trinajstić information content (AvgIpc) is 3.19. The zero-order valence-electron chi connectivity index (χ0n) is 19.5. The average molecular weight is 475 g/mol. The predicted octanol–water partition coefficient (Wildman–Crippen LogP) is 4.04. The smallest absolute Gasteiger partial charge is 0.310 e. The highest BCUT2D eigenvalue weighted by molar-refractivity contribution is 5.99. The summed E-state index contributed by atoms with van der Waals surface area (Å²) in [5.41, 5.74) is 9.36. The van der Waals surface area contributed by atoms with Gasteiger partial charge >= 0.3 is 5.97 Å². The molecule has 1 unspecified atom stereocenters. The van der Waals surface area contributed by atoms with Crippen molar-refractivity contribution in [3.8, 4) is 11.3 Å². The molecular formula is C26H27FN6O2. The summed E-state index contributed by atoms with van der Waals surface area (Å²) in [5.74, 6) is 0.139. The molecule has 35 heavy (non-hydrogen) atoms. The van der Waals surface area contributed by atoms with Gasteiger partial charge in [0, 0.05) is 18.7 Å². The first-order valence-electron chi connectivity index (χ1n) is 11.8. The number of anilines is 2. The summed E-state index contributed by atoms with van der Waals surface area (Å²) in [6.07, 6.45) is 1.59. The van der Waals surface area contributed by atoms with E-state index >= 15 is 0 Å². The summed E-state index contributed by atoms with van der Waals surface area (Å²) in [5, 5.41) is 5.32. The van der Waals surface area contributed by atoms with Crippen LogP contribution >= 0.6 is 0 Å². The number of nitrogen functional groups attached to an aromatic ring is 1. The third-order valence-corrected chi connectivity index (χ3v) is 6.24. The lowest BCUT2D eigenvalue weighted by Crippen LogP contribution is -2.40. The molecule has 3 heterocycles. The lowest BCUT2D eigenvalue weighted by molar-refractivity contribution is -0.148. The number of carbonyl (C=O) groups is 1. The summed E-state index contributed by atoms with van der Waals surface area (Å²) in [6, 6.07) is 16.0. The molecule has 1 aliphatic heterocycles. The van der Waals surface area contributed by atoms with E-state index in [0.29, 0.717) is 60.3 Å². The van der Waals surface area contributed by atoms with Crippen molar-refractivity contribution < 1.29 is 13.9 Å². The third-order valence-electron chi connectivity index (χ3n) is 6.24. The van der Waals surface area contributed by atoms with E-state index < -0.39 is 0 Å². The van der Waals surface area contributed by atoms with Gasteiger partial charge in [0.2, 0.25) is 5.95 Å². The maximum absolute atomic E-state index is 13.7. The van der Waals surface area contributed by atoms with E-state index in [1.54, 1.807) is 23.7 Å². The molecule has 1 fully saturated rings. The van der Waals surface area contributed by atoms with Crippen LogP contribution in [0.1, 0.15) is 25.3 Å². The second-order valence-electron chi connectivity index (χ2n) is 8.64. The molecule has 4 aromatic rings. The molecule has 180 valence electrons. The van der Waals surface area contributed by atoms with Gasteiger partial charge in [0.25, 0.3) is 0 Å². The number of fused-ring (bicyclic) bond motifs is 1. The van der Waals surface area contributed by atoms with Gasteiger partial charge in [0.15, 0.2) is 5.65 Å². The van der Waals surface area contributed by atoms with Crippen molar-refractivity contribution in [1.82, 2.24) is 19.7 Å². The molecule has 5 rings (SSSR count). The summed E-state index contributed by atoms with van der Waals surface area (Å²) < 4.78 is 20.6. The number of carbonyl (C=O) groups excluding carboxylic acids is 1. The van der Waals surface area contributed by atoms with Crippen LogP contribution in [0, 0.1) is 11.7 Å². The zero-order chi connectivity index (χ0) is 24.4. The topological polar surface area (TPSA) is 99.2 Å². The molecule has 0 saturated carbocycles. The molecule has 1 aliphatic rings. The largest absolute Gasteiger partial charge is 0.466 e. The van der Waals surface area contributed by atoms with E-state index in [1.807, 2.05) is 35.2 Å². The van der Waals surface area contributed by atoms with Gasteiger partial charge < -0.3 is 15.4 Å². The van der Waals surface area contributed by atoms with E-state index in [1.165, 1.54) is 12.1 Å². The number of ether oxygens (including phenoxy) is 1. The van der Waals surface area contributed by atoms with Crippen LogP contribution in [-0.4, -0.2) is 45.4 Å². The van der Waals surface area contributed by atoms with Crippen molar-refractivity contribution in [1.29, 1.82) is 0 Å². The summed E-state index contributed by atoms with van der Waals surface area (Å²) in [4.78, 5) is 24.0. The Morgan fingerprint density at radius 3 is 2.66 bits per heavy atom. The fourth-order valence-corrected chi connectivity index (χ4v) is 4.49. The van der Waals surface area contributed by atoms with Crippen LogP contribution in [0.15, 0.2) is 54.6 Å². The standard InChI is InChI=1S/C26H27FN6O2/c1-2-35-25(34)19-9-6-14-32(16-19)26-29-22(18-10-12-20(27)13-11-18)21-23(28)33(31-24(21)30-26)15-17-7-4-3-5-8-17/h3-5,7-8,10-13,19H,2,6,9,14-16,28H2,1H3. The summed E-state index contributed by atoms with van der Waals surface area (Å²) in [6.45, 7) is 3.82. The van der Waals surface area contributed by atoms with Gasteiger partial charge in [-0.15, -0.1) is 5.10 Å². The van der Waals surface area contributed by atoms with Gasteiger partial charge in [-0.25, -0.2) is 14.1 Å². The molecule has 1 saturated heterocycles. The molecule has 0 radical (unpaired) electrons. The Balaban J connectivity index is 1.59. The van der Waals surface area contributed by atoms with Gasteiger partial charge in [0.05, 0.1) is 30.1 Å². The van der Waals surface area contributed by atoms with Crippen LogP contribution in [0.2, 0.25) is 0 Å². The molecular weight excluding hydrogens is 447 g/mol. The van der Waals surface area contributed by atoms with Crippen molar-refractivity contribution in [3.05, 3.63) is 66.0 Å². The molecule has 1 atom stereocenters. The minimum absolute atomic E-state index is 0.201. The Hall–Kier alpha value is -4.01. The quantitative estimate of drug-likeness (QED) is 0.421. The van der Waals surface area contributed by atoms with Crippen molar-refractivity contribution in [2.24, 2.45) is 5.92 Å². The van der Waals surface area contributed by atoms with Gasteiger partial charge in [-0.1, -0.05) is 30.3 Å². The normalized spacial score (nSPS) is 15.9. The molecule has 9 heteroatoms. The maximum Gasteiger partial charge on any atom is 0.310 e. The van der Waals surface area contributed by atoms with Crippen LogP contribution in [0.4, 0.5) is 16.2 Å². The molecule has 0 spiro atoms. The SMILES string of the molecule is CCOC(=O)C1CCCN(c2nc(-c3ccc(F)cc3)c3c(N)n(Cc4ccccc4)nc3n2)C1. The third kappa shape index (κ3) is 4.66. The Morgan fingerprint density at radius 1 is 1.14 bits per heavy atom. The molecule has 0 bridgehead atoms. The van der Waals surface area contributed by atoms with Crippen molar-refractivity contribution in [2.45, 2.75) is 26.3 Å². The van der Waals surface area contributed by atoms with Crippen molar-refractivity contribution in [2.75, 3.05) is 30.3 Å². The van der Waals surface area contributed by atoms with E-state index in [2.05, 4.69) is 0 Å². The number of benzene rings is 2. The lowest BCUT2D eigenvalue weighted by atomic mass is 9.98. The summed E-state index contributed by atoms with van der Waals surface area (Å²) >= 11 is 0. The molecule has 0 aliphatic carbocycles. The first-order chi connectivity index (χ1) is 17.0. The molecule has 2 aromatic carbocycles. The van der Waals surface area contributed by atoms with Crippen molar-refractivity contribution in [3.63, 3.8) is 0 Å². The number of hydrogen-bond donors (Lipinski definition) is 1. The molecule has 8 nitrogen and oxygen atoms in total. The summed E-state index contributed by atoms with van der Waals surface area (Å²) in [7, 11) is 0. The molecule has 2 N–H and O–H groups in total. The van der Waals surface area contributed by atoms with E-state index in [0.717, 1.165) is 18.4 Å². The fourth-order valence-electron chi connectivity index (χ4n) is 4.49. The monoisotopic (exact) mass is 474 g/mol. The highest BCUT2D eigenvalue weighted by Gasteiger charge is 2.29. The van der Waals surface area contributed by atoms with Crippen LogP contribution in [0.3, 0.4) is 0 Å². The van der Waals surface area contributed by atoms with Crippen molar-refractivity contribution >= 4 is 28.8 Å². The number of hydrogen-bond acceptors (Lipinski definition) is 7. The van der Waals surface area contributed by atoms with Crippen LogP contribution in [-0.2, 0) is 16.1 Å². The number of halogens is 1. The van der Waals surface area contributed by atoms with Crippen LogP contribution in [0.25, 0.3) is 22.3 Å². The lowest BCUT2D eigenvalue weighted by Gasteiger charge is -2.31. The Morgan fingerprint density at radius 2 is 1.91 bits per heavy atom. The first kappa shape index (κ1) is 22.8. The minimum atomic E-state index is -0.333. The molecule has 0 amide bonds. The van der Waals surface area contributed by atoms with Crippen LogP contribution in [0.5, 0.6) is 0 Å². The Kier molecular flexibility index (Phi) is 6.31. The zero-order valence-corrected chi connectivity index (χ0v) is 19.5. The maximum atomic E-state index is 13.7. The second kappa shape index (κ2) is 9.69. The number of nitrogens with zero attached hydrogens (tertiary/aromatic N) is 5. The number of aromatic nitrogens is 4. The highest BCUT2D eigenvalue weighted by atomic mass is 19.1. The number of rotatable bonds is 6. The van der Waals surface area contributed by atoms with E-state index in [-0.39, 0.29) is 17.7 Å². The van der Waals surface area contributed by atoms with E-state index in [9.17, 15) is 9.18 Å². The number of esters is 1. The van der Waals surface area contributed by atoms with Crippen LogP contribution < -0.4 is 10.6 Å². The fraction of sp³-hybridized carbons (Fsp3) is 0.308. The van der Waals surface area contributed by atoms with Gasteiger partial charge in [-0.3, -0.25) is 4.79 Å². The van der Waals surface area contributed by atoms with Gasteiger partial charge in [-0.2, -0.15) is 4.98 Å². The Labute approximate surface area is 202 Å². The highest BCUT2D eigenvalue weighted by Crippen LogP contribution is 2.33. The van der Waals surface area contributed by atoms with Gasteiger partial charge in [-0.05, 0) is 49.6 Å².